The molecule has 0 amide bonds. The molecule has 0 spiro atoms. The van der Waals surface area contributed by atoms with Crippen LogP contribution in [0.15, 0.2) is 72.8 Å². The van der Waals surface area contributed by atoms with Gasteiger partial charge in [0.2, 0.25) is 0 Å². The van der Waals surface area contributed by atoms with E-state index < -0.39 is 40.7 Å². The number of aromatic hydroxyl groups is 1. The SMILES string of the molecule is Nc1ccccc1C(=O)Oc1c(O)c(C(=O)O)c(OC(=O)c2ccccc2N)c2ccccc12. The van der Waals surface area contributed by atoms with Crippen LogP contribution in [0.2, 0.25) is 0 Å². The van der Waals surface area contributed by atoms with Crippen molar-refractivity contribution in [2.75, 3.05) is 11.5 Å². The molecule has 4 aromatic carbocycles. The molecule has 0 bridgehead atoms. The van der Waals surface area contributed by atoms with Crippen LogP contribution in [0.5, 0.6) is 17.2 Å². The minimum Gasteiger partial charge on any atom is -0.504 e. The summed E-state index contributed by atoms with van der Waals surface area (Å²) in [6.07, 6.45) is 0. The number of aromatic carboxylic acids is 1. The highest BCUT2D eigenvalue weighted by Crippen LogP contribution is 2.46. The van der Waals surface area contributed by atoms with Gasteiger partial charge in [0.1, 0.15) is 5.56 Å². The van der Waals surface area contributed by atoms with Crippen LogP contribution in [0.1, 0.15) is 31.1 Å². The Hall–Kier alpha value is -5.05. The van der Waals surface area contributed by atoms with Gasteiger partial charge < -0.3 is 31.2 Å². The summed E-state index contributed by atoms with van der Waals surface area (Å²) in [6, 6.07) is 18.3. The van der Waals surface area contributed by atoms with Crippen LogP contribution in [-0.4, -0.2) is 28.1 Å². The average molecular weight is 458 g/mol. The number of phenols is 1. The molecule has 0 unspecified atom stereocenters. The van der Waals surface area contributed by atoms with Crippen molar-refractivity contribution in [3.8, 4) is 17.2 Å². The number of benzene rings is 4. The molecule has 0 heterocycles. The fourth-order valence-corrected chi connectivity index (χ4v) is 3.43. The maximum Gasteiger partial charge on any atom is 0.345 e. The van der Waals surface area contributed by atoms with Gasteiger partial charge in [0.15, 0.2) is 17.2 Å². The first-order valence-electron chi connectivity index (χ1n) is 9.94. The summed E-state index contributed by atoms with van der Waals surface area (Å²) in [5, 5.41) is 20.9. The summed E-state index contributed by atoms with van der Waals surface area (Å²) in [6.45, 7) is 0. The third-order valence-electron chi connectivity index (χ3n) is 5.06. The zero-order valence-electron chi connectivity index (χ0n) is 17.5. The first-order valence-corrected chi connectivity index (χ1v) is 9.94. The molecule has 0 aliphatic heterocycles. The summed E-state index contributed by atoms with van der Waals surface area (Å²) in [5.74, 6) is -5.17. The molecule has 6 N–H and O–H groups in total. The molecule has 0 saturated carbocycles. The topological polar surface area (TPSA) is 162 Å². The Kier molecular flexibility index (Phi) is 5.75. The van der Waals surface area contributed by atoms with Crippen LogP contribution >= 0.6 is 0 Å². The predicted octanol–water partition coefficient (Wildman–Crippen LogP) is 3.85. The molecule has 9 nitrogen and oxygen atoms in total. The molecular weight excluding hydrogens is 440 g/mol. The molecule has 4 aromatic rings. The number of para-hydroxylation sites is 2. The molecule has 0 radical (unpaired) electrons. The number of hydrogen-bond donors (Lipinski definition) is 4. The lowest BCUT2D eigenvalue weighted by molar-refractivity contribution is 0.0667. The monoisotopic (exact) mass is 458 g/mol. The van der Waals surface area contributed by atoms with E-state index in [0.717, 1.165) is 0 Å². The average Bonchev–Trinajstić information content (AvgIpc) is 2.81. The van der Waals surface area contributed by atoms with Gasteiger partial charge in [-0.1, -0.05) is 48.5 Å². The first-order chi connectivity index (χ1) is 16.3. The normalized spacial score (nSPS) is 10.6. The quantitative estimate of drug-likeness (QED) is 0.198. The van der Waals surface area contributed by atoms with Gasteiger partial charge in [-0.25, -0.2) is 14.4 Å². The van der Waals surface area contributed by atoms with Crippen LogP contribution in [0.4, 0.5) is 11.4 Å². The smallest absolute Gasteiger partial charge is 0.345 e. The van der Waals surface area contributed by atoms with E-state index >= 15 is 0 Å². The molecule has 0 atom stereocenters. The lowest BCUT2D eigenvalue weighted by Gasteiger charge is -2.17. The van der Waals surface area contributed by atoms with E-state index in [1.54, 1.807) is 36.4 Å². The maximum absolute atomic E-state index is 12.8. The van der Waals surface area contributed by atoms with Crippen LogP contribution in [0.25, 0.3) is 10.8 Å². The maximum atomic E-state index is 12.8. The summed E-state index contributed by atoms with van der Waals surface area (Å²) in [7, 11) is 0. The number of ether oxygens (including phenoxy) is 2. The van der Waals surface area contributed by atoms with E-state index in [1.165, 1.54) is 36.4 Å². The minimum absolute atomic E-state index is 0.0115. The van der Waals surface area contributed by atoms with Crippen molar-refractivity contribution in [2.45, 2.75) is 0 Å². The molecule has 0 aromatic heterocycles. The second kappa shape index (κ2) is 8.83. The Labute approximate surface area is 192 Å². The highest BCUT2D eigenvalue weighted by molar-refractivity contribution is 6.10. The van der Waals surface area contributed by atoms with Crippen LogP contribution in [0.3, 0.4) is 0 Å². The van der Waals surface area contributed by atoms with Crippen molar-refractivity contribution in [1.82, 2.24) is 0 Å². The largest absolute Gasteiger partial charge is 0.504 e. The first kappa shape index (κ1) is 22.2. The van der Waals surface area contributed by atoms with E-state index in [1.807, 2.05) is 0 Å². The second-order valence-corrected chi connectivity index (χ2v) is 7.19. The van der Waals surface area contributed by atoms with Gasteiger partial charge in [0.25, 0.3) is 0 Å². The van der Waals surface area contributed by atoms with Gasteiger partial charge in [-0.15, -0.1) is 0 Å². The fraction of sp³-hybridized carbons (Fsp3) is 0. The Bertz CT molecular complexity index is 1460. The third kappa shape index (κ3) is 3.93. The van der Waals surface area contributed by atoms with Gasteiger partial charge in [-0.2, -0.15) is 0 Å². The molecule has 9 heteroatoms. The van der Waals surface area contributed by atoms with Gasteiger partial charge in [0, 0.05) is 22.1 Å². The third-order valence-corrected chi connectivity index (χ3v) is 5.06. The zero-order valence-corrected chi connectivity index (χ0v) is 17.5. The molecule has 0 fully saturated rings. The zero-order chi connectivity index (χ0) is 24.4. The number of fused-ring (bicyclic) bond motifs is 1. The number of nitrogen functional groups attached to an aromatic ring is 2. The van der Waals surface area contributed by atoms with Crippen molar-refractivity contribution in [1.29, 1.82) is 0 Å². The van der Waals surface area contributed by atoms with Crippen LogP contribution in [0, 0.1) is 0 Å². The van der Waals surface area contributed by atoms with Gasteiger partial charge in [-0.05, 0) is 24.3 Å². The number of anilines is 2. The van der Waals surface area contributed by atoms with E-state index in [-0.39, 0.29) is 33.3 Å². The van der Waals surface area contributed by atoms with Crippen molar-refractivity contribution >= 4 is 40.1 Å². The van der Waals surface area contributed by atoms with Gasteiger partial charge >= 0.3 is 17.9 Å². The second-order valence-electron chi connectivity index (χ2n) is 7.19. The molecule has 0 aliphatic carbocycles. The Morgan fingerprint density at radius 3 is 1.53 bits per heavy atom. The highest BCUT2D eigenvalue weighted by Gasteiger charge is 2.29. The van der Waals surface area contributed by atoms with E-state index in [4.69, 9.17) is 20.9 Å². The number of nitrogens with two attached hydrogens (primary N) is 2. The van der Waals surface area contributed by atoms with Crippen molar-refractivity contribution in [3.63, 3.8) is 0 Å². The van der Waals surface area contributed by atoms with Gasteiger partial charge in [-0.3, -0.25) is 0 Å². The molecule has 34 heavy (non-hydrogen) atoms. The standard InChI is InChI=1S/C25H18N2O7/c26-17-11-5-3-9-15(17)24(31)33-21-13-7-1-2-8-14(13)22(20(28)19(21)23(29)30)34-25(32)16-10-4-6-12-18(16)27/h1-12,28H,26-27H2,(H,29,30). The van der Waals surface area contributed by atoms with E-state index in [2.05, 4.69) is 0 Å². The highest BCUT2D eigenvalue weighted by atomic mass is 16.5. The molecule has 170 valence electrons. The number of carboxylic acid groups (broad SMARTS) is 1. The minimum atomic E-state index is -1.61. The summed E-state index contributed by atoms with van der Waals surface area (Å²) >= 11 is 0. The number of esters is 2. The lowest BCUT2D eigenvalue weighted by Crippen LogP contribution is -2.15. The predicted molar refractivity (Wildman–Crippen MR) is 124 cm³/mol. The van der Waals surface area contributed by atoms with Crippen molar-refractivity contribution < 1.29 is 34.1 Å². The molecule has 0 aliphatic rings. The van der Waals surface area contributed by atoms with E-state index in [0.29, 0.717) is 0 Å². The number of carbonyl (C=O) groups is 3. The fourth-order valence-electron chi connectivity index (χ4n) is 3.43. The number of carbonyl (C=O) groups excluding carboxylic acids is 2. The molecule has 0 saturated heterocycles. The number of rotatable bonds is 5. The van der Waals surface area contributed by atoms with Crippen LogP contribution in [-0.2, 0) is 0 Å². The molecule has 4 rings (SSSR count). The Morgan fingerprint density at radius 1 is 0.647 bits per heavy atom. The Morgan fingerprint density at radius 2 is 1.06 bits per heavy atom. The Balaban J connectivity index is 1.87. The number of hydrogen-bond acceptors (Lipinski definition) is 8. The summed E-state index contributed by atoms with van der Waals surface area (Å²) in [4.78, 5) is 37.6. The van der Waals surface area contributed by atoms with Crippen molar-refractivity contribution in [3.05, 3.63) is 89.5 Å². The van der Waals surface area contributed by atoms with Gasteiger partial charge in [0.05, 0.1) is 11.1 Å². The van der Waals surface area contributed by atoms with Crippen molar-refractivity contribution in [2.24, 2.45) is 0 Å². The lowest BCUT2D eigenvalue weighted by atomic mass is 10.0. The summed E-state index contributed by atoms with van der Waals surface area (Å²) in [5.41, 5.74) is 11.2. The molecular formula is C25H18N2O7. The van der Waals surface area contributed by atoms with E-state index in [9.17, 15) is 24.6 Å². The van der Waals surface area contributed by atoms with Crippen LogP contribution < -0.4 is 20.9 Å². The summed E-state index contributed by atoms with van der Waals surface area (Å²) < 4.78 is 10.8. The number of carboxylic acids is 1.